The first-order chi connectivity index (χ1) is 11.2. The number of thioether (sulfide) groups is 1. The smallest absolute Gasteiger partial charge is 0.179 e. The van der Waals surface area contributed by atoms with E-state index in [1.165, 1.54) is 4.90 Å². The number of hydrogen-bond donors (Lipinski definition) is 0. The van der Waals surface area contributed by atoms with E-state index < -0.39 is 0 Å². The largest absolute Gasteiger partial charge is 0.493 e. The van der Waals surface area contributed by atoms with Crippen molar-refractivity contribution in [3.63, 3.8) is 0 Å². The van der Waals surface area contributed by atoms with Crippen LogP contribution in [-0.4, -0.2) is 26.7 Å². The molecule has 0 saturated heterocycles. The summed E-state index contributed by atoms with van der Waals surface area (Å²) in [7, 11) is 3.10. The van der Waals surface area contributed by atoms with E-state index in [2.05, 4.69) is 17.3 Å². The van der Waals surface area contributed by atoms with Crippen LogP contribution in [0.5, 0.6) is 11.5 Å². The third-order valence-electron chi connectivity index (χ3n) is 3.12. The third kappa shape index (κ3) is 4.81. The van der Waals surface area contributed by atoms with Crippen molar-refractivity contribution < 1.29 is 14.3 Å². The predicted octanol–water partition coefficient (Wildman–Crippen LogP) is 4.63. The normalized spacial score (nSPS) is 10.8. The van der Waals surface area contributed by atoms with Crippen LogP contribution < -0.4 is 9.47 Å². The quantitative estimate of drug-likeness (QED) is 0.414. The lowest BCUT2D eigenvalue weighted by atomic mass is 10.2. The summed E-state index contributed by atoms with van der Waals surface area (Å²) in [6, 6.07) is 11.7. The summed E-state index contributed by atoms with van der Waals surface area (Å²) in [5.74, 6) is 1.05. The van der Waals surface area contributed by atoms with Crippen LogP contribution >= 0.6 is 23.4 Å². The van der Waals surface area contributed by atoms with Crippen molar-refractivity contribution in [1.29, 1.82) is 0 Å². The standard InChI is InChI=1S/C17H18ClNO3S/c1-20-16-9-13(8-15(18)17(16)21-2)10-19-22-11-12-4-6-14(23-3)7-5-12/h4-10H,11H2,1-3H3/b19-10+. The van der Waals surface area contributed by atoms with Gasteiger partial charge in [-0.25, -0.2) is 0 Å². The summed E-state index contributed by atoms with van der Waals surface area (Å²) in [5.41, 5.74) is 1.83. The van der Waals surface area contributed by atoms with E-state index in [4.69, 9.17) is 25.9 Å². The molecular formula is C17H18ClNO3S. The first-order valence-corrected chi connectivity index (χ1v) is 8.48. The van der Waals surface area contributed by atoms with Crippen molar-refractivity contribution in [1.82, 2.24) is 0 Å². The van der Waals surface area contributed by atoms with Gasteiger partial charge in [0.05, 0.1) is 25.5 Å². The van der Waals surface area contributed by atoms with E-state index in [9.17, 15) is 0 Å². The molecule has 0 heterocycles. The summed E-state index contributed by atoms with van der Waals surface area (Å²) in [6.07, 6.45) is 3.63. The number of benzene rings is 2. The van der Waals surface area contributed by atoms with Gasteiger partial charge in [-0.05, 0) is 36.1 Å². The molecular weight excluding hydrogens is 334 g/mol. The molecule has 0 bridgehead atoms. The monoisotopic (exact) mass is 351 g/mol. The number of nitrogens with zero attached hydrogens (tertiary/aromatic N) is 1. The maximum Gasteiger partial charge on any atom is 0.179 e. The molecule has 0 aliphatic heterocycles. The van der Waals surface area contributed by atoms with E-state index in [0.29, 0.717) is 23.1 Å². The molecule has 0 unspecified atom stereocenters. The van der Waals surface area contributed by atoms with Gasteiger partial charge in [0.2, 0.25) is 0 Å². The van der Waals surface area contributed by atoms with Crippen molar-refractivity contribution >= 4 is 29.6 Å². The summed E-state index contributed by atoms with van der Waals surface area (Å²) >= 11 is 7.85. The Hall–Kier alpha value is -1.85. The highest BCUT2D eigenvalue weighted by atomic mass is 35.5. The van der Waals surface area contributed by atoms with Gasteiger partial charge < -0.3 is 14.3 Å². The van der Waals surface area contributed by atoms with Crippen LogP contribution in [0.15, 0.2) is 46.4 Å². The van der Waals surface area contributed by atoms with Crippen LogP contribution in [0.4, 0.5) is 0 Å². The van der Waals surface area contributed by atoms with Crippen LogP contribution in [0.3, 0.4) is 0 Å². The van der Waals surface area contributed by atoms with Crippen LogP contribution in [0.25, 0.3) is 0 Å². The molecule has 0 spiro atoms. The van der Waals surface area contributed by atoms with Crippen LogP contribution in [-0.2, 0) is 11.4 Å². The molecule has 0 N–H and O–H groups in total. The molecule has 0 aliphatic rings. The minimum atomic E-state index is 0.409. The number of hydrogen-bond acceptors (Lipinski definition) is 5. The molecule has 122 valence electrons. The Morgan fingerprint density at radius 1 is 1.13 bits per heavy atom. The summed E-state index contributed by atoms with van der Waals surface area (Å²) in [5, 5.41) is 4.43. The van der Waals surface area contributed by atoms with Crippen LogP contribution in [0, 0.1) is 0 Å². The maximum absolute atomic E-state index is 6.14. The summed E-state index contributed by atoms with van der Waals surface area (Å²) in [4.78, 5) is 6.53. The topological polar surface area (TPSA) is 40.0 Å². The molecule has 0 aliphatic carbocycles. The zero-order valence-corrected chi connectivity index (χ0v) is 14.8. The summed E-state index contributed by atoms with van der Waals surface area (Å²) < 4.78 is 10.4. The minimum absolute atomic E-state index is 0.409. The predicted molar refractivity (Wildman–Crippen MR) is 95.2 cm³/mol. The van der Waals surface area contributed by atoms with E-state index in [-0.39, 0.29) is 0 Å². The molecule has 6 heteroatoms. The van der Waals surface area contributed by atoms with Gasteiger partial charge in [-0.1, -0.05) is 28.9 Å². The highest BCUT2D eigenvalue weighted by Crippen LogP contribution is 2.35. The number of methoxy groups -OCH3 is 2. The van der Waals surface area contributed by atoms with Crippen LogP contribution in [0.2, 0.25) is 5.02 Å². The van der Waals surface area contributed by atoms with Crippen molar-refractivity contribution in [2.45, 2.75) is 11.5 Å². The molecule has 0 aromatic heterocycles. The van der Waals surface area contributed by atoms with Crippen LogP contribution in [0.1, 0.15) is 11.1 Å². The Morgan fingerprint density at radius 3 is 2.48 bits per heavy atom. The average molecular weight is 352 g/mol. The van der Waals surface area contributed by atoms with Gasteiger partial charge in [-0.15, -0.1) is 11.8 Å². The Labute approximate surface area is 145 Å². The van der Waals surface area contributed by atoms with Gasteiger partial charge in [0, 0.05) is 10.5 Å². The highest BCUT2D eigenvalue weighted by Gasteiger charge is 2.09. The molecule has 0 radical (unpaired) electrons. The fourth-order valence-electron chi connectivity index (χ4n) is 1.94. The van der Waals surface area contributed by atoms with Gasteiger partial charge in [0.25, 0.3) is 0 Å². The van der Waals surface area contributed by atoms with Crippen molar-refractivity contribution in [2.75, 3.05) is 20.5 Å². The van der Waals surface area contributed by atoms with E-state index in [0.717, 1.165) is 11.1 Å². The molecule has 0 atom stereocenters. The van der Waals surface area contributed by atoms with Gasteiger partial charge in [-0.2, -0.15) is 0 Å². The molecule has 4 nitrogen and oxygen atoms in total. The van der Waals surface area contributed by atoms with Crippen molar-refractivity contribution in [2.24, 2.45) is 5.16 Å². The lowest BCUT2D eigenvalue weighted by Gasteiger charge is -2.09. The Balaban J connectivity index is 1.98. The van der Waals surface area contributed by atoms with Gasteiger partial charge in [0.15, 0.2) is 11.5 Å². The zero-order chi connectivity index (χ0) is 16.7. The van der Waals surface area contributed by atoms with Gasteiger partial charge in [0.1, 0.15) is 6.61 Å². The van der Waals surface area contributed by atoms with E-state index in [1.54, 1.807) is 44.3 Å². The Bertz CT molecular complexity index is 674. The van der Waals surface area contributed by atoms with Crippen molar-refractivity contribution in [3.05, 3.63) is 52.5 Å². The zero-order valence-electron chi connectivity index (χ0n) is 13.2. The molecule has 2 aromatic rings. The minimum Gasteiger partial charge on any atom is -0.493 e. The number of ether oxygens (including phenoxy) is 2. The molecule has 23 heavy (non-hydrogen) atoms. The molecule has 0 fully saturated rings. The van der Waals surface area contributed by atoms with E-state index >= 15 is 0 Å². The molecule has 0 amide bonds. The average Bonchev–Trinajstić information content (AvgIpc) is 2.58. The van der Waals surface area contributed by atoms with E-state index in [1.807, 2.05) is 18.4 Å². The summed E-state index contributed by atoms with van der Waals surface area (Å²) in [6.45, 7) is 0.409. The number of oxime groups is 1. The fourth-order valence-corrected chi connectivity index (χ4v) is 2.65. The second-order valence-electron chi connectivity index (χ2n) is 4.59. The first-order valence-electron chi connectivity index (χ1n) is 6.87. The lowest BCUT2D eigenvalue weighted by molar-refractivity contribution is 0.132. The maximum atomic E-state index is 6.14. The lowest BCUT2D eigenvalue weighted by Crippen LogP contribution is -1.94. The Kier molecular flexibility index (Phi) is 6.62. The second kappa shape index (κ2) is 8.70. The van der Waals surface area contributed by atoms with Gasteiger partial charge >= 0.3 is 0 Å². The molecule has 2 rings (SSSR count). The molecule has 2 aromatic carbocycles. The first kappa shape index (κ1) is 17.5. The van der Waals surface area contributed by atoms with Gasteiger partial charge in [-0.3, -0.25) is 0 Å². The number of rotatable bonds is 7. The molecule has 0 saturated carbocycles. The fraction of sp³-hybridized carbons (Fsp3) is 0.235. The number of halogens is 1. The SMILES string of the molecule is COc1cc(/C=N/OCc2ccc(SC)cc2)cc(Cl)c1OC. The highest BCUT2D eigenvalue weighted by molar-refractivity contribution is 7.98. The third-order valence-corrected chi connectivity index (χ3v) is 4.15. The Morgan fingerprint density at radius 2 is 1.87 bits per heavy atom. The second-order valence-corrected chi connectivity index (χ2v) is 5.88. The van der Waals surface area contributed by atoms with Crippen molar-refractivity contribution in [3.8, 4) is 11.5 Å².